The van der Waals surface area contributed by atoms with Gasteiger partial charge in [0.05, 0.1) is 0 Å². The van der Waals surface area contributed by atoms with Gasteiger partial charge in [0.1, 0.15) is 17.6 Å². The van der Waals surface area contributed by atoms with E-state index < -0.39 is 0 Å². The second-order valence-electron chi connectivity index (χ2n) is 5.16. The fourth-order valence-corrected chi connectivity index (χ4v) is 2.31. The van der Waals surface area contributed by atoms with Crippen molar-refractivity contribution < 1.29 is 9.32 Å². The number of hydrogen-bond donors (Lipinski definition) is 2. The van der Waals surface area contributed by atoms with Crippen LogP contribution in [0.3, 0.4) is 0 Å². The molecule has 1 atom stereocenters. The van der Waals surface area contributed by atoms with E-state index in [-0.39, 0.29) is 12.1 Å². The Balaban J connectivity index is 1.82. The fraction of sp³-hybridized carbons (Fsp3) is 0.188. The molecule has 2 aromatic heterocycles. The van der Waals surface area contributed by atoms with Crippen molar-refractivity contribution in [2.45, 2.75) is 13.0 Å². The first-order valence-corrected chi connectivity index (χ1v) is 7.16. The summed E-state index contributed by atoms with van der Waals surface area (Å²) in [6, 6.07) is 10.6. The number of nitrogens with zero attached hydrogens (tertiary/aromatic N) is 3. The third-order valence-electron chi connectivity index (χ3n) is 3.39. The van der Waals surface area contributed by atoms with Gasteiger partial charge in [-0.15, -0.1) is 0 Å². The van der Waals surface area contributed by atoms with Gasteiger partial charge in [0, 0.05) is 25.5 Å². The van der Waals surface area contributed by atoms with Crippen molar-refractivity contribution in [3.8, 4) is 0 Å². The highest BCUT2D eigenvalue weighted by Gasteiger charge is 2.21. The van der Waals surface area contributed by atoms with Gasteiger partial charge in [-0.1, -0.05) is 35.5 Å². The van der Waals surface area contributed by atoms with Crippen LogP contribution in [-0.2, 0) is 7.05 Å². The van der Waals surface area contributed by atoms with E-state index in [9.17, 15) is 4.79 Å². The monoisotopic (exact) mass is 311 g/mol. The van der Waals surface area contributed by atoms with E-state index >= 15 is 0 Å². The molecule has 23 heavy (non-hydrogen) atoms. The number of rotatable bonds is 4. The van der Waals surface area contributed by atoms with Gasteiger partial charge in [-0.3, -0.25) is 5.32 Å². The maximum absolute atomic E-state index is 12.3. The zero-order chi connectivity index (χ0) is 16.2. The van der Waals surface area contributed by atoms with Crippen molar-refractivity contribution >= 4 is 11.8 Å². The molecular weight excluding hydrogens is 294 g/mol. The van der Waals surface area contributed by atoms with Crippen molar-refractivity contribution in [2.75, 3.05) is 5.32 Å². The van der Waals surface area contributed by atoms with Gasteiger partial charge in [-0.05, 0) is 12.5 Å². The third-order valence-corrected chi connectivity index (χ3v) is 3.39. The van der Waals surface area contributed by atoms with E-state index in [1.54, 1.807) is 19.2 Å². The molecule has 0 aliphatic rings. The minimum absolute atomic E-state index is 0.367. The van der Waals surface area contributed by atoms with Crippen LogP contribution in [0, 0.1) is 6.92 Å². The molecule has 0 aliphatic heterocycles. The summed E-state index contributed by atoms with van der Waals surface area (Å²) in [6.07, 6.45) is 3.54. The molecule has 2 N–H and O–H groups in total. The summed E-state index contributed by atoms with van der Waals surface area (Å²) in [5, 5.41) is 9.32. The summed E-state index contributed by atoms with van der Waals surface area (Å²) < 4.78 is 6.81. The number of carbonyl (C=O) groups is 1. The Morgan fingerprint density at radius 3 is 2.70 bits per heavy atom. The topological polar surface area (TPSA) is 85.0 Å². The summed E-state index contributed by atoms with van der Waals surface area (Å²) in [7, 11) is 1.89. The molecule has 7 heteroatoms. The highest BCUT2D eigenvalue weighted by atomic mass is 16.5. The number of anilines is 1. The number of nitrogens with one attached hydrogen (secondary N) is 2. The molecule has 0 bridgehead atoms. The largest absolute Gasteiger partial charge is 0.360 e. The number of urea groups is 1. The van der Waals surface area contributed by atoms with Crippen molar-refractivity contribution in [2.24, 2.45) is 7.05 Å². The smallest absolute Gasteiger partial charge is 0.321 e. The van der Waals surface area contributed by atoms with Crippen molar-refractivity contribution in [1.82, 2.24) is 20.0 Å². The molecule has 1 aromatic carbocycles. The van der Waals surface area contributed by atoms with Crippen LogP contribution in [0.1, 0.15) is 23.2 Å². The van der Waals surface area contributed by atoms with E-state index in [4.69, 9.17) is 4.52 Å². The number of amides is 2. The summed E-state index contributed by atoms with van der Waals surface area (Å²) in [5.41, 5.74) is 0.938. The summed E-state index contributed by atoms with van der Waals surface area (Å²) >= 11 is 0. The number of carbonyl (C=O) groups excluding carboxylic acids is 1. The average molecular weight is 311 g/mol. The molecule has 0 saturated heterocycles. The quantitative estimate of drug-likeness (QED) is 0.775. The standard InChI is InChI=1S/C16H17N5O2/c1-11-10-13(20-23-11)18-16(22)19-14(12-6-4-3-5-7-12)15-17-8-9-21(15)2/h3-10,14H,1-2H3,(H2,18,19,20,22)/t14-/m1/s1. The summed E-state index contributed by atoms with van der Waals surface area (Å²) in [6.45, 7) is 1.76. The zero-order valence-corrected chi connectivity index (χ0v) is 12.9. The van der Waals surface area contributed by atoms with E-state index in [1.807, 2.05) is 48.1 Å². The molecule has 3 rings (SSSR count). The van der Waals surface area contributed by atoms with Gasteiger partial charge in [0.2, 0.25) is 0 Å². The van der Waals surface area contributed by atoms with Crippen LogP contribution in [-0.4, -0.2) is 20.7 Å². The Hall–Kier alpha value is -3.09. The Morgan fingerprint density at radius 1 is 1.30 bits per heavy atom. The number of imidazole rings is 1. The molecule has 7 nitrogen and oxygen atoms in total. The molecule has 0 saturated carbocycles. The lowest BCUT2D eigenvalue weighted by molar-refractivity contribution is 0.249. The SMILES string of the molecule is Cc1cc(NC(=O)N[C@H](c2ccccc2)c2nccn2C)no1. The van der Waals surface area contributed by atoms with Crippen LogP contribution in [0.4, 0.5) is 10.6 Å². The fourth-order valence-electron chi connectivity index (χ4n) is 2.31. The second-order valence-corrected chi connectivity index (χ2v) is 5.16. The van der Waals surface area contributed by atoms with Gasteiger partial charge in [-0.25, -0.2) is 9.78 Å². The minimum Gasteiger partial charge on any atom is -0.360 e. The first-order valence-electron chi connectivity index (χ1n) is 7.16. The van der Waals surface area contributed by atoms with Crippen molar-refractivity contribution in [3.63, 3.8) is 0 Å². The second kappa shape index (κ2) is 6.35. The lowest BCUT2D eigenvalue weighted by Gasteiger charge is -2.19. The molecule has 0 fully saturated rings. The lowest BCUT2D eigenvalue weighted by Crippen LogP contribution is -2.34. The molecule has 2 amide bonds. The Bertz CT molecular complexity index is 794. The molecule has 3 aromatic rings. The molecule has 2 heterocycles. The lowest BCUT2D eigenvalue weighted by atomic mass is 10.1. The van der Waals surface area contributed by atoms with Crippen LogP contribution < -0.4 is 10.6 Å². The molecular formula is C16H17N5O2. The maximum Gasteiger partial charge on any atom is 0.321 e. The highest BCUT2D eigenvalue weighted by molar-refractivity contribution is 5.88. The van der Waals surface area contributed by atoms with Gasteiger partial charge in [-0.2, -0.15) is 0 Å². The van der Waals surface area contributed by atoms with Crippen LogP contribution in [0.25, 0.3) is 0 Å². The zero-order valence-electron chi connectivity index (χ0n) is 12.9. The number of hydrogen-bond acceptors (Lipinski definition) is 4. The van der Waals surface area contributed by atoms with E-state index in [1.165, 1.54) is 0 Å². The first-order chi connectivity index (χ1) is 11.1. The van der Waals surface area contributed by atoms with Gasteiger partial charge < -0.3 is 14.4 Å². The van der Waals surface area contributed by atoms with Crippen molar-refractivity contribution in [1.29, 1.82) is 0 Å². The number of aromatic nitrogens is 3. The number of aryl methyl sites for hydroxylation is 2. The highest BCUT2D eigenvalue weighted by Crippen LogP contribution is 2.20. The van der Waals surface area contributed by atoms with Crippen LogP contribution in [0.15, 0.2) is 53.3 Å². The molecule has 0 aliphatic carbocycles. The predicted octanol–water partition coefficient (Wildman–Crippen LogP) is 2.63. The van der Waals surface area contributed by atoms with Crippen LogP contribution >= 0.6 is 0 Å². The van der Waals surface area contributed by atoms with E-state index in [2.05, 4.69) is 20.8 Å². The van der Waals surface area contributed by atoms with Gasteiger partial charge in [0.25, 0.3) is 0 Å². The third kappa shape index (κ3) is 3.39. The molecule has 118 valence electrons. The Labute approximate surface area is 133 Å². The van der Waals surface area contributed by atoms with E-state index in [0.717, 1.165) is 11.4 Å². The maximum atomic E-state index is 12.3. The van der Waals surface area contributed by atoms with Crippen molar-refractivity contribution in [3.05, 3.63) is 65.9 Å². The van der Waals surface area contributed by atoms with Crippen LogP contribution in [0.5, 0.6) is 0 Å². The number of benzene rings is 1. The first kappa shape index (κ1) is 14.8. The van der Waals surface area contributed by atoms with Crippen LogP contribution in [0.2, 0.25) is 0 Å². The average Bonchev–Trinajstić information content (AvgIpc) is 3.14. The summed E-state index contributed by atoms with van der Waals surface area (Å²) in [4.78, 5) is 16.6. The Morgan fingerprint density at radius 2 is 2.09 bits per heavy atom. The summed E-state index contributed by atoms with van der Waals surface area (Å²) in [5.74, 6) is 1.73. The Kier molecular flexibility index (Phi) is 4.09. The van der Waals surface area contributed by atoms with E-state index in [0.29, 0.717) is 11.6 Å². The predicted molar refractivity (Wildman–Crippen MR) is 84.9 cm³/mol. The molecule has 0 spiro atoms. The molecule has 0 unspecified atom stereocenters. The van der Waals surface area contributed by atoms with Gasteiger partial charge >= 0.3 is 6.03 Å². The normalized spacial score (nSPS) is 11.9. The molecule has 0 radical (unpaired) electrons. The van der Waals surface area contributed by atoms with Gasteiger partial charge in [0.15, 0.2) is 5.82 Å². The minimum atomic E-state index is -0.379.